The number of hydrogen-bond donors (Lipinski definition) is 2. The van der Waals surface area contributed by atoms with Crippen molar-refractivity contribution in [3.05, 3.63) is 0 Å². The molecule has 0 bridgehead atoms. The highest BCUT2D eigenvalue weighted by Crippen LogP contribution is 2.36. The van der Waals surface area contributed by atoms with Crippen molar-refractivity contribution in [2.24, 2.45) is 5.92 Å². The first-order valence-corrected chi connectivity index (χ1v) is 6.59. The number of aliphatic hydroxyl groups excluding tert-OH is 1. The van der Waals surface area contributed by atoms with Crippen molar-refractivity contribution in [3.8, 4) is 0 Å². The van der Waals surface area contributed by atoms with E-state index >= 15 is 0 Å². The first kappa shape index (κ1) is 14.1. The van der Waals surface area contributed by atoms with Crippen LogP contribution >= 0.6 is 0 Å². The summed E-state index contributed by atoms with van der Waals surface area (Å²) in [6, 6.07) is 0.0290. The summed E-state index contributed by atoms with van der Waals surface area (Å²) in [5, 5.41) is 12.4. The number of alkyl halides is 3. The number of hydrogen-bond acceptors (Lipinski definition) is 3. The summed E-state index contributed by atoms with van der Waals surface area (Å²) in [6.07, 6.45) is -2.08. The van der Waals surface area contributed by atoms with Crippen LogP contribution in [0.15, 0.2) is 0 Å². The van der Waals surface area contributed by atoms with Crippen molar-refractivity contribution in [2.75, 3.05) is 6.61 Å². The highest BCUT2D eigenvalue weighted by molar-refractivity contribution is 4.84. The summed E-state index contributed by atoms with van der Waals surface area (Å²) < 4.78 is 43.8. The van der Waals surface area contributed by atoms with Gasteiger partial charge in [0.1, 0.15) is 6.23 Å². The minimum Gasteiger partial charge on any atom is -0.393 e. The van der Waals surface area contributed by atoms with Gasteiger partial charge in [-0.1, -0.05) is 0 Å². The van der Waals surface area contributed by atoms with Gasteiger partial charge in [0.25, 0.3) is 0 Å². The third-order valence-corrected chi connectivity index (χ3v) is 3.84. The Labute approximate surface area is 105 Å². The first-order chi connectivity index (χ1) is 8.47. The molecule has 2 fully saturated rings. The SMILES string of the molecule is OC1CCC(N[C@@H]2OCCC[C@H]2C(F)(F)F)CC1. The normalized spacial score (nSPS) is 38.7. The van der Waals surface area contributed by atoms with Gasteiger partial charge in [0.2, 0.25) is 0 Å². The Morgan fingerprint density at radius 1 is 1.06 bits per heavy atom. The van der Waals surface area contributed by atoms with Crippen LogP contribution in [0, 0.1) is 5.92 Å². The molecule has 0 aromatic carbocycles. The van der Waals surface area contributed by atoms with Crippen LogP contribution in [0.4, 0.5) is 13.2 Å². The summed E-state index contributed by atoms with van der Waals surface area (Å²) in [7, 11) is 0. The standard InChI is InChI=1S/C12H20F3NO2/c13-12(14,15)10-2-1-7-18-11(10)16-8-3-5-9(17)6-4-8/h8-11,16-17H,1-7H2/t8?,9?,10-,11-/m1/s1. The molecular weight excluding hydrogens is 247 g/mol. The fourth-order valence-electron chi connectivity index (χ4n) is 2.76. The fraction of sp³-hybridized carbons (Fsp3) is 1.00. The molecule has 1 aliphatic carbocycles. The molecule has 18 heavy (non-hydrogen) atoms. The Hall–Kier alpha value is -0.330. The summed E-state index contributed by atoms with van der Waals surface area (Å²) in [4.78, 5) is 0. The van der Waals surface area contributed by atoms with Crippen LogP contribution in [0.2, 0.25) is 0 Å². The van der Waals surface area contributed by atoms with Gasteiger partial charge in [-0.2, -0.15) is 13.2 Å². The fourth-order valence-corrected chi connectivity index (χ4v) is 2.76. The van der Waals surface area contributed by atoms with E-state index in [1.54, 1.807) is 0 Å². The minimum atomic E-state index is -4.20. The molecule has 0 spiro atoms. The Bertz CT molecular complexity index is 265. The van der Waals surface area contributed by atoms with E-state index in [9.17, 15) is 18.3 Å². The van der Waals surface area contributed by atoms with E-state index in [2.05, 4.69) is 5.32 Å². The minimum absolute atomic E-state index is 0.0290. The summed E-state index contributed by atoms with van der Waals surface area (Å²) >= 11 is 0. The maximum absolute atomic E-state index is 12.8. The van der Waals surface area contributed by atoms with E-state index in [1.807, 2.05) is 0 Å². The molecule has 2 atom stereocenters. The van der Waals surface area contributed by atoms with Gasteiger partial charge in [0, 0.05) is 12.6 Å². The molecule has 2 N–H and O–H groups in total. The van der Waals surface area contributed by atoms with Crippen molar-refractivity contribution < 1.29 is 23.0 Å². The molecule has 0 unspecified atom stereocenters. The topological polar surface area (TPSA) is 41.5 Å². The second kappa shape index (κ2) is 5.75. The number of rotatable bonds is 2. The van der Waals surface area contributed by atoms with Crippen molar-refractivity contribution in [3.63, 3.8) is 0 Å². The van der Waals surface area contributed by atoms with Gasteiger partial charge >= 0.3 is 6.18 Å². The number of ether oxygens (including phenoxy) is 1. The molecule has 106 valence electrons. The predicted octanol–water partition coefficient (Wildman–Crippen LogP) is 2.19. The monoisotopic (exact) mass is 267 g/mol. The molecular formula is C12H20F3NO2. The molecule has 6 heteroatoms. The van der Waals surface area contributed by atoms with Crippen LogP contribution in [0.25, 0.3) is 0 Å². The molecule has 0 aromatic rings. The van der Waals surface area contributed by atoms with E-state index in [-0.39, 0.29) is 18.6 Å². The van der Waals surface area contributed by atoms with Crippen LogP contribution in [0.3, 0.4) is 0 Å². The lowest BCUT2D eigenvalue weighted by Crippen LogP contribution is -2.52. The van der Waals surface area contributed by atoms with E-state index in [0.29, 0.717) is 38.7 Å². The largest absolute Gasteiger partial charge is 0.395 e. The van der Waals surface area contributed by atoms with E-state index < -0.39 is 18.3 Å². The molecule has 1 heterocycles. The van der Waals surface area contributed by atoms with Gasteiger partial charge in [0.15, 0.2) is 0 Å². The average Bonchev–Trinajstić information content (AvgIpc) is 2.31. The van der Waals surface area contributed by atoms with Crippen LogP contribution in [-0.4, -0.2) is 36.3 Å². The van der Waals surface area contributed by atoms with E-state index in [1.165, 1.54) is 0 Å². The van der Waals surface area contributed by atoms with Gasteiger partial charge in [-0.3, -0.25) is 5.32 Å². The second-order valence-corrected chi connectivity index (χ2v) is 5.25. The van der Waals surface area contributed by atoms with Crippen molar-refractivity contribution in [1.82, 2.24) is 5.32 Å². The Kier molecular flexibility index (Phi) is 4.50. The van der Waals surface area contributed by atoms with Gasteiger partial charge in [0.05, 0.1) is 12.0 Å². The molecule has 1 saturated carbocycles. The zero-order chi connectivity index (χ0) is 13.2. The molecule has 0 radical (unpaired) electrons. The quantitative estimate of drug-likeness (QED) is 0.806. The molecule has 3 nitrogen and oxygen atoms in total. The third kappa shape index (κ3) is 3.59. The molecule has 2 aliphatic rings. The van der Waals surface area contributed by atoms with Crippen LogP contribution < -0.4 is 5.32 Å². The summed E-state index contributed by atoms with van der Waals surface area (Å²) in [6.45, 7) is 0.388. The molecule has 2 rings (SSSR count). The van der Waals surface area contributed by atoms with Gasteiger partial charge < -0.3 is 9.84 Å². The summed E-state index contributed by atoms with van der Waals surface area (Å²) in [5.41, 5.74) is 0. The van der Waals surface area contributed by atoms with Crippen molar-refractivity contribution in [2.45, 2.75) is 63.1 Å². The van der Waals surface area contributed by atoms with Gasteiger partial charge in [-0.25, -0.2) is 0 Å². The van der Waals surface area contributed by atoms with Crippen LogP contribution in [0.1, 0.15) is 38.5 Å². The maximum atomic E-state index is 12.8. The predicted molar refractivity (Wildman–Crippen MR) is 59.9 cm³/mol. The first-order valence-electron chi connectivity index (χ1n) is 6.59. The summed E-state index contributed by atoms with van der Waals surface area (Å²) in [5.74, 6) is -1.40. The molecule has 1 aliphatic heterocycles. The number of aliphatic hydroxyl groups is 1. The lowest BCUT2D eigenvalue weighted by atomic mass is 9.91. The van der Waals surface area contributed by atoms with E-state index in [4.69, 9.17) is 4.74 Å². The zero-order valence-corrected chi connectivity index (χ0v) is 10.2. The highest BCUT2D eigenvalue weighted by Gasteiger charge is 2.47. The number of nitrogens with one attached hydrogen (secondary N) is 1. The maximum Gasteiger partial charge on any atom is 0.395 e. The third-order valence-electron chi connectivity index (χ3n) is 3.84. The van der Waals surface area contributed by atoms with Crippen LogP contribution in [-0.2, 0) is 4.74 Å². The smallest absolute Gasteiger partial charge is 0.393 e. The molecule has 0 amide bonds. The Morgan fingerprint density at radius 2 is 1.72 bits per heavy atom. The average molecular weight is 267 g/mol. The lowest BCUT2D eigenvalue weighted by Gasteiger charge is -2.37. The molecule has 0 aromatic heterocycles. The lowest BCUT2D eigenvalue weighted by molar-refractivity contribution is -0.228. The second-order valence-electron chi connectivity index (χ2n) is 5.25. The highest BCUT2D eigenvalue weighted by atomic mass is 19.4. The Balaban J connectivity index is 1.89. The van der Waals surface area contributed by atoms with Crippen molar-refractivity contribution >= 4 is 0 Å². The number of halogens is 3. The van der Waals surface area contributed by atoms with E-state index in [0.717, 1.165) is 0 Å². The van der Waals surface area contributed by atoms with Crippen LogP contribution in [0.5, 0.6) is 0 Å². The van der Waals surface area contributed by atoms with Gasteiger partial charge in [-0.05, 0) is 38.5 Å². The molecule has 1 saturated heterocycles. The van der Waals surface area contributed by atoms with Gasteiger partial charge in [-0.15, -0.1) is 0 Å². The Morgan fingerprint density at radius 3 is 2.33 bits per heavy atom. The van der Waals surface area contributed by atoms with Crippen molar-refractivity contribution in [1.29, 1.82) is 0 Å². The zero-order valence-electron chi connectivity index (χ0n) is 10.2.